The van der Waals surface area contributed by atoms with Crippen LogP contribution in [-0.2, 0) is 11.3 Å². The minimum atomic E-state index is -0.0437. The smallest absolute Gasteiger partial charge is 0.228 e. The molecule has 1 aromatic carbocycles. The summed E-state index contributed by atoms with van der Waals surface area (Å²) in [4.78, 5) is 18.4. The lowest BCUT2D eigenvalue weighted by atomic mass is 10.1. The lowest BCUT2D eigenvalue weighted by Gasteiger charge is -2.23. The Morgan fingerprint density at radius 3 is 2.55 bits per heavy atom. The average Bonchev–Trinajstić information content (AvgIpc) is 2.52. The maximum absolute atomic E-state index is 12.4. The molecule has 1 heterocycles. The van der Waals surface area contributed by atoms with Gasteiger partial charge in [0.25, 0.3) is 0 Å². The highest BCUT2D eigenvalue weighted by Crippen LogP contribution is 2.24. The summed E-state index contributed by atoms with van der Waals surface area (Å²) in [5, 5.41) is 9.43. The Kier molecular flexibility index (Phi) is 4.90. The normalized spacial score (nSPS) is 10.1. The summed E-state index contributed by atoms with van der Waals surface area (Å²) in [6, 6.07) is 13.8. The molecule has 0 saturated carbocycles. The van der Waals surface area contributed by atoms with E-state index < -0.39 is 0 Å². The molecule has 0 N–H and O–H groups in total. The first-order chi connectivity index (χ1) is 10.6. The number of rotatable bonds is 4. The van der Waals surface area contributed by atoms with Crippen molar-refractivity contribution in [2.24, 2.45) is 0 Å². The molecule has 2 rings (SSSR count). The van der Waals surface area contributed by atoms with Crippen LogP contribution in [0.5, 0.6) is 0 Å². The van der Waals surface area contributed by atoms with Crippen molar-refractivity contribution < 1.29 is 4.79 Å². The second-order valence-corrected chi connectivity index (χ2v) is 5.21. The lowest BCUT2D eigenvalue weighted by molar-refractivity contribution is -0.118. The van der Waals surface area contributed by atoms with Gasteiger partial charge in [0, 0.05) is 12.1 Å². The van der Waals surface area contributed by atoms with E-state index >= 15 is 0 Å². The molecule has 4 heteroatoms. The number of anilines is 1. The summed E-state index contributed by atoms with van der Waals surface area (Å²) in [6.07, 6.45) is 0.367. The average molecular weight is 293 g/mol. The summed E-state index contributed by atoms with van der Waals surface area (Å²) in [5.41, 5.74) is 3.11. The van der Waals surface area contributed by atoms with Crippen LogP contribution in [-0.4, -0.2) is 10.9 Å². The lowest BCUT2D eigenvalue weighted by Crippen LogP contribution is -2.31. The highest BCUT2D eigenvalue weighted by molar-refractivity contribution is 5.93. The summed E-state index contributed by atoms with van der Waals surface area (Å²) in [5.74, 6) is 0.411. The topological polar surface area (TPSA) is 57.0 Å². The van der Waals surface area contributed by atoms with Crippen LogP contribution in [0.1, 0.15) is 35.7 Å². The first-order valence-corrected chi connectivity index (χ1v) is 7.29. The fraction of sp³-hybridized carbons (Fsp3) is 0.278. The standard InChI is InChI=1S/C18H19N3O/c1-4-17(22)21(12-15-8-6-5-7-9-15)18-16(11-19)13(2)10-14(3)20-18/h5-10H,4,12H2,1-3H3. The van der Waals surface area contributed by atoms with Gasteiger partial charge in [-0.3, -0.25) is 9.69 Å². The SMILES string of the molecule is CCC(=O)N(Cc1ccccc1)c1nc(C)cc(C)c1C#N. The molecule has 0 spiro atoms. The van der Waals surface area contributed by atoms with Gasteiger partial charge in [-0.25, -0.2) is 4.98 Å². The zero-order valence-electron chi connectivity index (χ0n) is 13.1. The Balaban J connectivity index is 2.51. The molecular formula is C18H19N3O. The second-order valence-electron chi connectivity index (χ2n) is 5.21. The van der Waals surface area contributed by atoms with Gasteiger partial charge in [0.15, 0.2) is 5.82 Å². The molecule has 0 aliphatic carbocycles. The van der Waals surface area contributed by atoms with Gasteiger partial charge >= 0.3 is 0 Å². The number of nitrogens with zero attached hydrogens (tertiary/aromatic N) is 3. The molecule has 1 amide bonds. The van der Waals surface area contributed by atoms with Crippen molar-refractivity contribution >= 4 is 11.7 Å². The molecular weight excluding hydrogens is 274 g/mol. The summed E-state index contributed by atoms with van der Waals surface area (Å²) in [7, 11) is 0. The Morgan fingerprint density at radius 1 is 1.27 bits per heavy atom. The van der Waals surface area contributed by atoms with Crippen LogP contribution in [0.2, 0.25) is 0 Å². The van der Waals surface area contributed by atoms with Crippen LogP contribution in [0.3, 0.4) is 0 Å². The molecule has 0 unspecified atom stereocenters. The van der Waals surface area contributed by atoms with Crippen molar-refractivity contribution in [3.8, 4) is 6.07 Å². The number of carbonyl (C=O) groups excluding carboxylic acids is 1. The zero-order valence-corrected chi connectivity index (χ0v) is 13.1. The number of hydrogen-bond acceptors (Lipinski definition) is 3. The molecule has 0 saturated heterocycles. The molecule has 2 aromatic rings. The van der Waals surface area contributed by atoms with Gasteiger partial charge in [-0.05, 0) is 31.0 Å². The van der Waals surface area contributed by atoms with E-state index in [2.05, 4.69) is 11.1 Å². The van der Waals surface area contributed by atoms with Gasteiger partial charge in [0.1, 0.15) is 6.07 Å². The molecule has 0 fully saturated rings. The maximum Gasteiger partial charge on any atom is 0.228 e. The Morgan fingerprint density at radius 2 is 1.95 bits per heavy atom. The minimum Gasteiger partial charge on any atom is -0.291 e. The number of hydrogen-bond donors (Lipinski definition) is 0. The molecule has 4 nitrogen and oxygen atoms in total. The van der Waals surface area contributed by atoms with Crippen molar-refractivity contribution in [3.05, 3.63) is 58.8 Å². The first-order valence-electron chi connectivity index (χ1n) is 7.29. The number of amides is 1. The van der Waals surface area contributed by atoms with Gasteiger partial charge in [0.2, 0.25) is 5.91 Å². The highest BCUT2D eigenvalue weighted by atomic mass is 16.2. The van der Waals surface area contributed by atoms with Gasteiger partial charge in [-0.1, -0.05) is 37.3 Å². The van der Waals surface area contributed by atoms with Crippen molar-refractivity contribution in [2.75, 3.05) is 4.90 Å². The van der Waals surface area contributed by atoms with Crippen molar-refractivity contribution in [2.45, 2.75) is 33.7 Å². The molecule has 0 atom stereocenters. The number of benzene rings is 1. The third-order valence-electron chi connectivity index (χ3n) is 3.48. The molecule has 1 aromatic heterocycles. The first kappa shape index (κ1) is 15.7. The van der Waals surface area contributed by atoms with Crippen LogP contribution in [0, 0.1) is 25.2 Å². The zero-order chi connectivity index (χ0) is 16.1. The van der Waals surface area contributed by atoms with Crippen LogP contribution in [0.4, 0.5) is 5.82 Å². The Bertz CT molecular complexity index is 717. The van der Waals surface area contributed by atoms with E-state index in [1.54, 1.807) is 4.90 Å². The van der Waals surface area contributed by atoms with E-state index in [0.717, 1.165) is 16.8 Å². The maximum atomic E-state index is 12.4. The van der Waals surface area contributed by atoms with E-state index in [1.807, 2.05) is 57.2 Å². The number of aromatic nitrogens is 1. The van der Waals surface area contributed by atoms with Gasteiger partial charge < -0.3 is 0 Å². The van der Waals surface area contributed by atoms with Crippen molar-refractivity contribution in [1.82, 2.24) is 4.98 Å². The van der Waals surface area contributed by atoms with Crippen molar-refractivity contribution in [3.63, 3.8) is 0 Å². The third-order valence-corrected chi connectivity index (χ3v) is 3.48. The summed E-state index contributed by atoms with van der Waals surface area (Å²) in [6.45, 7) is 5.97. The fourth-order valence-electron chi connectivity index (χ4n) is 2.39. The Hall–Kier alpha value is -2.67. The Labute approximate surface area is 131 Å². The number of carbonyl (C=O) groups is 1. The van der Waals surface area contributed by atoms with E-state index in [1.165, 1.54) is 0 Å². The molecule has 0 bridgehead atoms. The molecule has 0 radical (unpaired) electrons. The summed E-state index contributed by atoms with van der Waals surface area (Å²) < 4.78 is 0. The number of pyridine rings is 1. The highest BCUT2D eigenvalue weighted by Gasteiger charge is 2.21. The van der Waals surface area contributed by atoms with Crippen molar-refractivity contribution in [1.29, 1.82) is 5.26 Å². The predicted molar refractivity (Wildman–Crippen MR) is 86.3 cm³/mol. The van der Waals surface area contributed by atoms with E-state index in [-0.39, 0.29) is 5.91 Å². The molecule has 0 aliphatic heterocycles. The van der Waals surface area contributed by atoms with Gasteiger partial charge in [-0.15, -0.1) is 0 Å². The van der Waals surface area contributed by atoms with Gasteiger partial charge in [-0.2, -0.15) is 5.26 Å². The predicted octanol–water partition coefficient (Wildman–Crippen LogP) is 3.51. The van der Waals surface area contributed by atoms with E-state index in [0.29, 0.717) is 24.3 Å². The van der Waals surface area contributed by atoms with Crippen LogP contribution >= 0.6 is 0 Å². The van der Waals surface area contributed by atoms with Crippen LogP contribution in [0.25, 0.3) is 0 Å². The fourth-order valence-corrected chi connectivity index (χ4v) is 2.39. The number of aryl methyl sites for hydroxylation is 2. The largest absolute Gasteiger partial charge is 0.291 e. The molecule has 22 heavy (non-hydrogen) atoms. The molecule has 0 aliphatic rings. The van der Waals surface area contributed by atoms with E-state index in [4.69, 9.17) is 0 Å². The van der Waals surface area contributed by atoms with Gasteiger partial charge in [0.05, 0.1) is 12.1 Å². The van der Waals surface area contributed by atoms with E-state index in [9.17, 15) is 10.1 Å². The molecule has 112 valence electrons. The second kappa shape index (κ2) is 6.86. The van der Waals surface area contributed by atoms with Crippen LogP contribution in [0.15, 0.2) is 36.4 Å². The number of nitriles is 1. The third kappa shape index (κ3) is 3.32. The minimum absolute atomic E-state index is 0.0437. The summed E-state index contributed by atoms with van der Waals surface area (Å²) >= 11 is 0. The quantitative estimate of drug-likeness (QED) is 0.866. The van der Waals surface area contributed by atoms with Crippen LogP contribution < -0.4 is 4.90 Å². The monoisotopic (exact) mass is 293 g/mol.